The zero-order valence-electron chi connectivity index (χ0n) is 19.4. The SMILES string of the molecule is O=C(O)C(CC(O)CSc1nc2ccccc2s1)NS(=O)(=O)c1ccc(-c2ccc(C(F)(F)F)cc2)cc1. The Hall–Kier alpha value is -2.97. The Balaban J connectivity index is 1.39. The van der Waals surface area contributed by atoms with Crippen molar-refractivity contribution in [3.05, 3.63) is 78.4 Å². The number of aliphatic hydroxyl groups excluding tert-OH is 1. The van der Waals surface area contributed by atoms with E-state index in [1.165, 1.54) is 59.5 Å². The number of nitrogens with one attached hydrogen (secondary N) is 1. The third-order valence-corrected chi connectivity index (χ3v) is 9.30. The largest absolute Gasteiger partial charge is 0.480 e. The van der Waals surface area contributed by atoms with Gasteiger partial charge in [0.15, 0.2) is 4.34 Å². The molecule has 0 fully saturated rings. The van der Waals surface area contributed by atoms with Crippen LogP contribution in [0.1, 0.15) is 12.0 Å². The summed E-state index contributed by atoms with van der Waals surface area (Å²) < 4.78 is 67.7. The smallest absolute Gasteiger partial charge is 0.416 e. The van der Waals surface area contributed by atoms with Crippen LogP contribution in [0.25, 0.3) is 21.3 Å². The van der Waals surface area contributed by atoms with E-state index in [0.29, 0.717) is 15.5 Å². The predicted molar refractivity (Wildman–Crippen MR) is 140 cm³/mol. The van der Waals surface area contributed by atoms with Crippen molar-refractivity contribution in [3.63, 3.8) is 0 Å². The third-order valence-electron chi connectivity index (χ3n) is 5.49. The predicted octanol–water partition coefficient (Wildman–Crippen LogP) is 5.26. The molecule has 0 aliphatic rings. The molecule has 4 aromatic rings. The van der Waals surface area contributed by atoms with Crippen molar-refractivity contribution in [2.45, 2.75) is 34.0 Å². The molecule has 0 amide bonds. The number of halogens is 3. The van der Waals surface area contributed by atoms with Crippen LogP contribution in [0.15, 0.2) is 82.0 Å². The first-order valence-electron chi connectivity index (χ1n) is 11.1. The van der Waals surface area contributed by atoms with Crippen LogP contribution in [0, 0.1) is 0 Å². The van der Waals surface area contributed by atoms with Gasteiger partial charge in [0.1, 0.15) is 6.04 Å². The fourth-order valence-electron chi connectivity index (χ4n) is 3.55. The molecule has 38 heavy (non-hydrogen) atoms. The lowest BCUT2D eigenvalue weighted by Gasteiger charge is -2.18. The Kier molecular flexibility index (Phi) is 8.43. The second-order valence-corrected chi connectivity index (χ2v) is 12.3. The molecule has 1 heterocycles. The first-order valence-corrected chi connectivity index (χ1v) is 14.4. The van der Waals surface area contributed by atoms with Gasteiger partial charge in [-0.25, -0.2) is 13.4 Å². The maximum atomic E-state index is 12.8. The Morgan fingerprint density at radius 3 is 2.18 bits per heavy atom. The number of alkyl halides is 3. The number of carboxylic acids is 1. The second kappa shape index (κ2) is 11.4. The van der Waals surface area contributed by atoms with Crippen LogP contribution >= 0.6 is 23.1 Å². The topological polar surface area (TPSA) is 117 Å². The zero-order chi connectivity index (χ0) is 27.5. The molecule has 3 N–H and O–H groups in total. The molecule has 7 nitrogen and oxygen atoms in total. The van der Waals surface area contributed by atoms with Crippen molar-refractivity contribution in [3.8, 4) is 11.1 Å². The molecular weight excluding hydrogens is 561 g/mol. The summed E-state index contributed by atoms with van der Waals surface area (Å²) in [5.41, 5.74) is 0.946. The molecule has 0 bridgehead atoms. The highest BCUT2D eigenvalue weighted by atomic mass is 32.2. The number of carbonyl (C=O) groups is 1. The Morgan fingerprint density at radius 2 is 1.61 bits per heavy atom. The molecule has 13 heteroatoms. The summed E-state index contributed by atoms with van der Waals surface area (Å²) in [6.07, 6.45) is -5.96. The number of aliphatic hydroxyl groups is 1. The summed E-state index contributed by atoms with van der Waals surface area (Å²) in [6.45, 7) is 0. The third kappa shape index (κ3) is 6.91. The van der Waals surface area contributed by atoms with Gasteiger partial charge in [-0.15, -0.1) is 11.3 Å². The highest BCUT2D eigenvalue weighted by Gasteiger charge is 2.30. The minimum atomic E-state index is -4.47. The lowest BCUT2D eigenvalue weighted by molar-refractivity contribution is -0.140. The number of benzene rings is 3. The molecule has 0 aliphatic carbocycles. The number of thiazole rings is 1. The molecule has 0 spiro atoms. The Bertz CT molecular complexity index is 1490. The lowest BCUT2D eigenvalue weighted by atomic mass is 10.0. The first-order chi connectivity index (χ1) is 17.9. The van der Waals surface area contributed by atoms with Gasteiger partial charge in [0, 0.05) is 12.2 Å². The molecule has 3 aromatic carbocycles. The van der Waals surface area contributed by atoms with E-state index in [-0.39, 0.29) is 17.1 Å². The fraction of sp³-hybridized carbons (Fsp3) is 0.200. The molecule has 0 radical (unpaired) electrons. The van der Waals surface area contributed by atoms with Crippen LogP contribution in [0.4, 0.5) is 13.2 Å². The number of rotatable bonds is 10. The van der Waals surface area contributed by atoms with Crippen molar-refractivity contribution in [1.29, 1.82) is 0 Å². The van der Waals surface area contributed by atoms with Crippen molar-refractivity contribution >= 4 is 49.3 Å². The van der Waals surface area contributed by atoms with E-state index in [4.69, 9.17) is 0 Å². The van der Waals surface area contributed by atoms with E-state index < -0.39 is 39.9 Å². The minimum absolute atomic E-state index is 0.118. The van der Waals surface area contributed by atoms with Crippen LogP contribution in [-0.4, -0.2) is 47.5 Å². The van der Waals surface area contributed by atoms with E-state index in [1.807, 2.05) is 24.3 Å². The van der Waals surface area contributed by atoms with Crippen LogP contribution in [0.2, 0.25) is 0 Å². The van der Waals surface area contributed by atoms with E-state index in [0.717, 1.165) is 22.3 Å². The monoisotopic (exact) mass is 582 g/mol. The standard InChI is InChI=1S/C25H21F3N2O5S3/c26-25(27,28)17-9-5-15(6-10-17)16-7-11-19(12-8-16)38(34,35)30-21(23(32)33)13-18(31)14-36-24-29-20-3-1-2-4-22(20)37-24/h1-12,18,21,30-31H,13-14H2,(H,32,33). The molecule has 2 unspecified atom stereocenters. The lowest BCUT2D eigenvalue weighted by Crippen LogP contribution is -2.43. The van der Waals surface area contributed by atoms with Crippen molar-refractivity contribution in [1.82, 2.24) is 9.71 Å². The molecule has 4 rings (SSSR count). The van der Waals surface area contributed by atoms with Gasteiger partial charge < -0.3 is 10.2 Å². The number of aromatic nitrogens is 1. The van der Waals surface area contributed by atoms with Gasteiger partial charge in [-0.1, -0.05) is 48.2 Å². The summed E-state index contributed by atoms with van der Waals surface area (Å²) in [6, 6.07) is 15.6. The quantitative estimate of drug-likeness (QED) is 0.219. The van der Waals surface area contributed by atoms with Crippen LogP contribution in [0.5, 0.6) is 0 Å². The Labute approximate surface area is 224 Å². The molecule has 0 saturated carbocycles. The number of carboxylic acid groups (broad SMARTS) is 1. The number of sulfonamides is 1. The summed E-state index contributed by atoms with van der Waals surface area (Å²) in [5.74, 6) is -1.33. The van der Waals surface area contributed by atoms with Gasteiger partial charge in [0.2, 0.25) is 10.0 Å². The molecule has 200 valence electrons. The molecule has 0 saturated heterocycles. The highest BCUT2D eigenvalue weighted by molar-refractivity contribution is 8.01. The average Bonchev–Trinajstić information content (AvgIpc) is 3.30. The number of hydrogen-bond acceptors (Lipinski definition) is 7. The zero-order valence-corrected chi connectivity index (χ0v) is 21.9. The minimum Gasteiger partial charge on any atom is -0.480 e. The first kappa shape index (κ1) is 28.0. The van der Waals surface area contributed by atoms with E-state index in [9.17, 15) is 36.6 Å². The molecule has 1 aromatic heterocycles. The maximum Gasteiger partial charge on any atom is 0.416 e. The van der Waals surface area contributed by atoms with Crippen molar-refractivity contribution in [2.24, 2.45) is 0 Å². The summed E-state index contributed by atoms with van der Waals surface area (Å²) in [7, 11) is -4.27. The van der Waals surface area contributed by atoms with Crippen molar-refractivity contribution < 1.29 is 36.6 Å². The number of hydrogen-bond donors (Lipinski definition) is 3. The normalized spacial score (nSPS) is 13.9. The summed E-state index contributed by atoms with van der Waals surface area (Å²) >= 11 is 2.68. The van der Waals surface area contributed by atoms with Gasteiger partial charge >= 0.3 is 12.1 Å². The van der Waals surface area contributed by atoms with E-state index in [2.05, 4.69) is 9.71 Å². The maximum absolute atomic E-state index is 12.8. The van der Waals surface area contributed by atoms with E-state index in [1.54, 1.807) is 0 Å². The van der Waals surface area contributed by atoms with Crippen LogP contribution in [-0.2, 0) is 21.0 Å². The van der Waals surface area contributed by atoms with Gasteiger partial charge in [-0.05, 0) is 47.5 Å². The van der Waals surface area contributed by atoms with Crippen LogP contribution in [0.3, 0.4) is 0 Å². The average molecular weight is 583 g/mol. The number of aliphatic carboxylic acids is 1. The fourth-order valence-corrected chi connectivity index (χ4v) is 6.80. The van der Waals surface area contributed by atoms with E-state index >= 15 is 0 Å². The molecule has 2 atom stereocenters. The summed E-state index contributed by atoms with van der Waals surface area (Å²) in [4.78, 5) is 15.9. The molecular formula is C25H21F3N2O5S3. The van der Waals surface area contributed by atoms with Gasteiger partial charge in [0.05, 0.1) is 26.8 Å². The number of thioether (sulfide) groups is 1. The van der Waals surface area contributed by atoms with Gasteiger partial charge in [-0.2, -0.15) is 17.9 Å². The number of nitrogens with zero attached hydrogens (tertiary/aromatic N) is 1. The molecule has 0 aliphatic heterocycles. The van der Waals surface area contributed by atoms with Gasteiger partial charge in [-0.3, -0.25) is 4.79 Å². The van der Waals surface area contributed by atoms with Crippen molar-refractivity contribution in [2.75, 3.05) is 5.75 Å². The highest BCUT2D eigenvalue weighted by Crippen LogP contribution is 2.32. The van der Waals surface area contributed by atoms with Gasteiger partial charge in [0.25, 0.3) is 0 Å². The second-order valence-electron chi connectivity index (χ2n) is 8.26. The Morgan fingerprint density at radius 1 is 1.00 bits per heavy atom. The summed E-state index contributed by atoms with van der Waals surface area (Å²) in [5, 5.41) is 19.9. The number of fused-ring (bicyclic) bond motifs is 1. The van der Waals surface area contributed by atoms with Crippen LogP contribution < -0.4 is 4.72 Å². The number of para-hydroxylation sites is 1.